The molecule has 0 bridgehead atoms. The molecular weight excluding hydrogens is 169 g/mol. The van der Waals surface area contributed by atoms with E-state index in [2.05, 4.69) is 9.24 Å². The van der Waals surface area contributed by atoms with Crippen LogP contribution in [0.25, 0.3) is 0 Å². The van der Waals surface area contributed by atoms with Gasteiger partial charge in [0.1, 0.15) is 0 Å². The van der Waals surface area contributed by atoms with Gasteiger partial charge in [-0.05, 0) is 12.1 Å². The Morgan fingerprint density at radius 2 is 2.20 bits per heavy atom. The average Bonchev–Trinajstić information content (AvgIpc) is 2.11. The van der Waals surface area contributed by atoms with Crippen LogP contribution in [0.2, 0.25) is 0 Å². The second-order valence-corrected chi connectivity index (χ2v) is 5.60. The molecule has 0 aromatic rings. The van der Waals surface area contributed by atoms with E-state index in [1.54, 1.807) is 0 Å². The Hall–Kier alpha value is 0.340. The first-order chi connectivity index (χ1) is 4.50. The molecule has 1 aliphatic heterocycles. The van der Waals surface area contributed by atoms with Crippen LogP contribution < -0.4 is 0 Å². The van der Waals surface area contributed by atoms with Crippen molar-refractivity contribution in [3.05, 3.63) is 0 Å². The van der Waals surface area contributed by atoms with Crippen molar-refractivity contribution in [2.75, 3.05) is 19.3 Å². The van der Waals surface area contributed by atoms with Gasteiger partial charge in [0.15, 0.2) is 0 Å². The van der Waals surface area contributed by atoms with Crippen LogP contribution in [-0.4, -0.2) is 37.7 Å². The van der Waals surface area contributed by atoms with Gasteiger partial charge in [-0.15, -0.1) is 9.24 Å². The van der Waals surface area contributed by atoms with Gasteiger partial charge >= 0.3 is 0 Å². The Bertz CT molecular complexity index is 214. The summed E-state index contributed by atoms with van der Waals surface area (Å²) in [5, 5.41) is 0. The second kappa shape index (κ2) is 2.76. The highest BCUT2D eigenvalue weighted by Crippen LogP contribution is 2.18. The first-order valence-corrected chi connectivity index (χ1v) is 5.72. The van der Waals surface area contributed by atoms with E-state index >= 15 is 0 Å². The van der Waals surface area contributed by atoms with Crippen LogP contribution in [0.4, 0.5) is 0 Å². The quantitative estimate of drug-likeness (QED) is 0.529. The molecule has 0 amide bonds. The van der Waals surface area contributed by atoms with Gasteiger partial charge in [0.25, 0.3) is 0 Å². The lowest BCUT2D eigenvalue weighted by Gasteiger charge is -2.10. The SMILES string of the molecule is CS(=O)(=O)N1CC[C@@H](P)C1. The largest absolute Gasteiger partial charge is 0.213 e. The van der Waals surface area contributed by atoms with Crippen molar-refractivity contribution >= 4 is 19.3 Å². The molecule has 0 radical (unpaired) electrons. The first kappa shape index (κ1) is 8.44. The predicted molar refractivity (Wildman–Crippen MR) is 44.5 cm³/mol. The van der Waals surface area contributed by atoms with Crippen LogP contribution >= 0.6 is 9.24 Å². The fourth-order valence-electron chi connectivity index (χ4n) is 1.06. The van der Waals surface area contributed by atoms with Gasteiger partial charge in [0.05, 0.1) is 6.26 Å². The summed E-state index contributed by atoms with van der Waals surface area (Å²) in [6, 6.07) is 0. The molecule has 1 unspecified atom stereocenters. The summed E-state index contributed by atoms with van der Waals surface area (Å²) in [6.45, 7) is 1.36. The molecule has 3 nitrogen and oxygen atoms in total. The van der Waals surface area contributed by atoms with Gasteiger partial charge in [-0.3, -0.25) is 0 Å². The molecule has 1 fully saturated rings. The molecule has 1 heterocycles. The van der Waals surface area contributed by atoms with Gasteiger partial charge in [-0.25, -0.2) is 12.7 Å². The number of hydrogen-bond donors (Lipinski definition) is 0. The third-order valence-electron chi connectivity index (χ3n) is 1.66. The number of sulfonamides is 1. The predicted octanol–water partition coefficient (Wildman–Crippen LogP) is -0.105. The van der Waals surface area contributed by atoms with Crippen molar-refractivity contribution < 1.29 is 8.42 Å². The molecule has 10 heavy (non-hydrogen) atoms. The minimum atomic E-state index is -2.92. The Kier molecular flexibility index (Phi) is 2.33. The molecule has 5 heteroatoms. The monoisotopic (exact) mass is 181 g/mol. The zero-order chi connectivity index (χ0) is 7.78. The van der Waals surface area contributed by atoms with Crippen molar-refractivity contribution in [2.24, 2.45) is 0 Å². The van der Waals surface area contributed by atoms with Gasteiger partial charge < -0.3 is 0 Å². The van der Waals surface area contributed by atoms with Gasteiger partial charge in [0, 0.05) is 13.1 Å². The minimum Gasteiger partial charge on any atom is -0.213 e. The van der Waals surface area contributed by atoms with E-state index in [0.717, 1.165) is 6.42 Å². The van der Waals surface area contributed by atoms with Gasteiger partial charge in [0.2, 0.25) is 10.0 Å². The fourth-order valence-corrected chi connectivity index (χ4v) is 2.51. The zero-order valence-corrected chi connectivity index (χ0v) is 7.92. The molecular formula is C5H12NO2PS. The zero-order valence-electron chi connectivity index (χ0n) is 5.95. The van der Waals surface area contributed by atoms with E-state index < -0.39 is 10.0 Å². The molecule has 0 aromatic carbocycles. The van der Waals surface area contributed by atoms with E-state index in [9.17, 15) is 8.42 Å². The second-order valence-electron chi connectivity index (χ2n) is 2.67. The molecule has 0 aliphatic carbocycles. The maximum absolute atomic E-state index is 10.9. The van der Waals surface area contributed by atoms with Crippen LogP contribution in [0, 0.1) is 0 Å². The summed E-state index contributed by atoms with van der Waals surface area (Å²) in [7, 11) is -0.267. The average molecular weight is 181 g/mol. The van der Waals surface area contributed by atoms with Crippen LogP contribution in [0.15, 0.2) is 0 Å². The van der Waals surface area contributed by atoms with Gasteiger partial charge in [-0.2, -0.15) is 0 Å². The summed E-state index contributed by atoms with van der Waals surface area (Å²) in [5.74, 6) is 0. The normalized spacial score (nSPS) is 29.2. The molecule has 1 saturated heterocycles. The molecule has 0 N–H and O–H groups in total. The summed E-state index contributed by atoms with van der Waals surface area (Å²) in [4.78, 5) is 0. The third-order valence-corrected chi connectivity index (χ3v) is 3.47. The fraction of sp³-hybridized carbons (Fsp3) is 1.00. The van der Waals surface area contributed by atoms with E-state index in [0.29, 0.717) is 18.7 Å². The lowest BCUT2D eigenvalue weighted by atomic mass is 10.4. The summed E-state index contributed by atoms with van der Waals surface area (Å²) >= 11 is 0. The highest BCUT2D eigenvalue weighted by molar-refractivity contribution is 7.88. The highest BCUT2D eigenvalue weighted by atomic mass is 32.2. The maximum Gasteiger partial charge on any atom is 0.211 e. The molecule has 60 valence electrons. The summed E-state index contributed by atoms with van der Waals surface area (Å²) in [6.07, 6.45) is 2.23. The van der Waals surface area contributed by atoms with Crippen LogP contribution in [0.3, 0.4) is 0 Å². The van der Waals surface area contributed by atoms with E-state index in [1.807, 2.05) is 0 Å². The van der Waals surface area contributed by atoms with Crippen molar-refractivity contribution in [2.45, 2.75) is 12.1 Å². The lowest BCUT2D eigenvalue weighted by Crippen LogP contribution is -2.27. The van der Waals surface area contributed by atoms with E-state index in [1.165, 1.54) is 10.6 Å². The summed E-state index contributed by atoms with van der Waals surface area (Å²) in [5.41, 5.74) is 0.453. The highest BCUT2D eigenvalue weighted by Gasteiger charge is 2.25. The Morgan fingerprint density at radius 3 is 2.40 bits per heavy atom. The molecule has 0 saturated carbocycles. The summed E-state index contributed by atoms with van der Waals surface area (Å²) < 4.78 is 23.3. The standard InChI is InChI=1S/C5H12NO2PS/c1-10(7,8)6-3-2-5(9)4-6/h5H,2-4,9H2,1H3/t5-/m1/s1. The van der Waals surface area contributed by atoms with Crippen molar-refractivity contribution in [3.8, 4) is 0 Å². The molecule has 0 spiro atoms. The van der Waals surface area contributed by atoms with Crippen LogP contribution in [-0.2, 0) is 10.0 Å². The third kappa shape index (κ3) is 1.91. The molecule has 2 atom stereocenters. The minimum absolute atomic E-state index is 0.453. The number of hydrogen-bond acceptors (Lipinski definition) is 2. The topological polar surface area (TPSA) is 37.4 Å². The Labute approximate surface area is 64.0 Å². The maximum atomic E-state index is 10.9. The van der Waals surface area contributed by atoms with Gasteiger partial charge in [-0.1, -0.05) is 0 Å². The smallest absolute Gasteiger partial charge is 0.211 e. The Morgan fingerprint density at radius 1 is 1.60 bits per heavy atom. The number of nitrogens with zero attached hydrogens (tertiary/aromatic N) is 1. The lowest BCUT2D eigenvalue weighted by molar-refractivity contribution is 0.484. The first-order valence-electron chi connectivity index (χ1n) is 3.21. The van der Waals surface area contributed by atoms with E-state index in [-0.39, 0.29) is 0 Å². The molecule has 1 rings (SSSR count). The molecule has 0 aromatic heterocycles. The van der Waals surface area contributed by atoms with Crippen LogP contribution in [0.1, 0.15) is 6.42 Å². The van der Waals surface area contributed by atoms with Crippen molar-refractivity contribution in [3.63, 3.8) is 0 Å². The van der Waals surface area contributed by atoms with E-state index in [4.69, 9.17) is 0 Å². The van der Waals surface area contributed by atoms with Crippen molar-refractivity contribution in [1.82, 2.24) is 4.31 Å². The Balaban J connectivity index is 2.62. The number of rotatable bonds is 1. The van der Waals surface area contributed by atoms with Crippen molar-refractivity contribution in [1.29, 1.82) is 0 Å². The van der Waals surface area contributed by atoms with Crippen LogP contribution in [0.5, 0.6) is 0 Å². The molecule has 1 aliphatic rings.